The van der Waals surface area contributed by atoms with Crippen molar-refractivity contribution in [3.8, 4) is 0 Å². The number of carbonyl (C=O) groups excluding carboxylic acids is 1. The van der Waals surface area contributed by atoms with Crippen molar-refractivity contribution in [2.75, 3.05) is 13.1 Å². The molecule has 0 bridgehead atoms. The number of hydrogen-bond acceptors (Lipinski definition) is 3. The Hall–Kier alpha value is -1.40. The van der Waals surface area contributed by atoms with E-state index < -0.39 is 10.0 Å². The molecule has 1 aliphatic heterocycles. The summed E-state index contributed by atoms with van der Waals surface area (Å²) in [7, 11) is -3.39. The van der Waals surface area contributed by atoms with E-state index in [1.54, 1.807) is 28.6 Å². The molecule has 1 amide bonds. The molecule has 0 unspecified atom stereocenters. The number of sulfonamides is 1. The minimum atomic E-state index is -3.39. The van der Waals surface area contributed by atoms with Crippen LogP contribution in [0.5, 0.6) is 0 Å². The van der Waals surface area contributed by atoms with Gasteiger partial charge in [0.15, 0.2) is 0 Å². The number of carbonyl (C=O) groups is 1. The molecule has 1 aromatic carbocycles. The van der Waals surface area contributed by atoms with Crippen molar-refractivity contribution in [2.24, 2.45) is 5.92 Å². The Labute approximate surface area is 163 Å². The summed E-state index contributed by atoms with van der Waals surface area (Å²) < 4.78 is 26.9. The molecule has 6 heteroatoms. The summed E-state index contributed by atoms with van der Waals surface area (Å²) in [6, 6.07) is 6.93. The van der Waals surface area contributed by atoms with Crippen LogP contribution in [0.15, 0.2) is 29.2 Å². The summed E-state index contributed by atoms with van der Waals surface area (Å²) in [6.07, 6.45) is 11.0. The van der Waals surface area contributed by atoms with Gasteiger partial charge >= 0.3 is 0 Å². The van der Waals surface area contributed by atoms with Gasteiger partial charge in [-0.2, -0.15) is 4.31 Å². The van der Waals surface area contributed by atoms with E-state index in [1.807, 2.05) is 0 Å². The van der Waals surface area contributed by atoms with E-state index in [9.17, 15) is 13.2 Å². The van der Waals surface area contributed by atoms with Gasteiger partial charge in [-0.3, -0.25) is 4.79 Å². The number of nitrogens with one attached hydrogen (secondary N) is 1. The normalized spacial score (nSPS) is 19.7. The van der Waals surface area contributed by atoms with Crippen LogP contribution in [-0.2, 0) is 21.4 Å². The SMILES string of the molecule is O=C(CCC1CCCCC1)NCc1ccc(S(=O)(=O)N2CCCCC2)cc1. The first-order valence-corrected chi connectivity index (χ1v) is 11.9. The van der Waals surface area contributed by atoms with Gasteiger partial charge in [-0.25, -0.2) is 8.42 Å². The highest BCUT2D eigenvalue weighted by atomic mass is 32.2. The number of hydrogen-bond donors (Lipinski definition) is 1. The molecule has 5 nitrogen and oxygen atoms in total. The molecule has 27 heavy (non-hydrogen) atoms. The maximum absolute atomic E-state index is 12.7. The van der Waals surface area contributed by atoms with E-state index in [0.717, 1.165) is 31.2 Å². The van der Waals surface area contributed by atoms with Crippen LogP contribution in [0.25, 0.3) is 0 Å². The van der Waals surface area contributed by atoms with Gasteiger partial charge in [-0.1, -0.05) is 50.7 Å². The van der Waals surface area contributed by atoms with Gasteiger partial charge in [-0.05, 0) is 42.9 Å². The van der Waals surface area contributed by atoms with Gasteiger partial charge in [0, 0.05) is 26.1 Å². The third kappa shape index (κ3) is 5.79. The number of piperidine rings is 1. The van der Waals surface area contributed by atoms with E-state index in [0.29, 0.717) is 36.9 Å². The van der Waals surface area contributed by atoms with E-state index >= 15 is 0 Å². The zero-order chi connectivity index (χ0) is 19.1. The number of amides is 1. The lowest BCUT2D eigenvalue weighted by Crippen LogP contribution is -2.35. The average molecular weight is 393 g/mol. The van der Waals surface area contributed by atoms with Crippen LogP contribution in [0.3, 0.4) is 0 Å². The Morgan fingerprint density at radius 2 is 1.59 bits per heavy atom. The second-order valence-electron chi connectivity index (χ2n) is 7.93. The van der Waals surface area contributed by atoms with E-state index in [4.69, 9.17) is 0 Å². The molecule has 0 spiro atoms. The monoisotopic (exact) mass is 392 g/mol. The lowest BCUT2D eigenvalue weighted by Gasteiger charge is -2.25. The highest BCUT2D eigenvalue weighted by molar-refractivity contribution is 7.89. The van der Waals surface area contributed by atoms with Crippen LogP contribution in [0, 0.1) is 5.92 Å². The summed E-state index contributed by atoms with van der Waals surface area (Å²) in [5.74, 6) is 0.800. The average Bonchev–Trinajstić information content (AvgIpc) is 2.72. The molecule has 150 valence electrons. The van der Waals surface area contributed by atoms with Crippen molar-refractivity contribution >= 4 is 15.9 Å². The topological polar surface area (TPSA) is 66.5 Å². The van der Waals surface area contributed by atoms with E-state index in [1.165, 1.54) is 32.1 Å². The Balaban J connectivity index is 1.46. The standard InChI is InChI=1S/C21H32N2O3S/c24-21(14-11-18-7-3-1-4-8-18)22-17-19-9-12-20(13-10-19)27(25,26)23-15-5-2-6-16-23/h9-10,12-13,18H,1-8,11,14-17H2,(H,22,24). The van der Waals surface area contributed by atoms with Gasteiger partial charge in [0.05, 0.1) is 4.90 Å². The summed E-state index contributed by atoms with van der Waals surface area (Å²) in [4.78, 5) is 12.4. The minimum absolute atomic E-state index is 0.0885. The summed E-state index contributed by atoms with van der Waals surface area (Å²) >= 11 is 0. The Kier molecular flexibility index (Phi) is 7.30. The molecule has 3 rings (SSSR count). The molecule has 1 N–H and O–H groups in total. The van der Waals surface area contributed by atoms with Crippen molar-refractivity contribution in [3.63, 3.8) is 0 Å². The lowest BCUT2D eigenvalue weighted by atomic mass is 9.86. The molecular weight excluding hydrogens is 360 g/mol. The highest BCUT2D eigenvalue weighted by Gasteiger charge is 2.25. The molecule has 1 aliphatic carbocycles. The van der Waals surface area contributed by atoms with Crippen molar-refractivity contribution in [1.29, 1.82) is 0 Å². The third-order valence-corrected chi connectivity index (χ3v) is 7.78. The predicted molar refractivity (Wildman–Crippen MR) is 107 cm³/mol. The Morgan fingerprint density at radius 1 is 0.963 bits per heavy atom. The number of rotatable bonds is 7. The second kappa shape index (κ2) is 9.69. The molecule has 1 heterocycles. The van der Waals surface area contributed by atoms with Crippen LogP contribution >= 0.6 is 0 Å². The van der Waals surface area contributed by atoms with Gasteiger partial charge in [0.1, 0.15) is 0 Å². The quantitative estimate of drug-likeness (QED) is 0.767. The smallest absolute Gasteiger partial charge is 0.243 e. The summed E-state index contributed by atoms with van der Waals surface area (Å²) in [5, 5.41) is 2.96. The van der Waals surface area contributed by atoms with E-state index in [-0.39, 0.29) is 5.91 Å². The lowest BCUT2D eigenvalue weighted by molar-refractivity contribution is -0.121. The van der Waals surface area contributed by atoms with Crippen LogP contribution in [0.2, 0.25) is 0 Å². The molecule has 1 saturated carbocycles. The zero-order valence-corrected chi connectivity index (χ0v) is 17.0. The molecule has 1 aromatic rings. The van der Waals surface area contributed by atoms with Crippen molar-refractivity contribution in [3.05, 3.63) is 29.8 Å². The van der Waals surface area contributed by atoms with E-state index in [2.05, 4.69) is 5.32 Å². The maximum Gasteiger partial charge on any atom is 0.243 e. The first-order valence-electron chi connectivity index (χ1n) is 10.4. The Morgan fingerprint density at radius 3 is 2.26 bits per heavy atom. The number of nitrogens with zero attached hydrogens (tertiary/aromatic N) is 1. The third-order valence-electron chi connectivity index (χ3n) is 5.87. The van der Waals surface area contributed by atoms with Crippen LogP contribution in [-0.4, -0.2) is 31.7 Å². The summed E-state index contributed by atoms with van der Waals surface area (Å²) in [5.41, 5.74) is 0.929. The molecule has 2 fully saturated rings. The van der Waals surface area contributed by atoms with Crippen molar-refractivity contribution in [2.45, 2.75) is 75.6 Å². The largest absolute Gasteiger partial charge is 0.352 e. The zero-order valence-electron chi connectivity index (χ0n) is 16.2. The number of benzene rings is 1. The molecule has 0 radical (unpaired) electrons. The van der Waals surface area contributed by atoms with Crippen molar-refractivity contribution in [1.82, 2.24) is 9.62 Å². The van der Waals surface area contributed by atoms with Gasteiger partial charge in [0.2, 0.25) is 15.9 Å². The fraction of sp³-hybridized carbons (Fsp3) is 0.667. The maximum atomic E-state index is 12.7. The molecular formula is C21H32N2O3S. The van der Waals surface area contributed by atoms with Crippen LogP contribution in [0.1, 0.15) is 69.8 Å². The Bertz CT molecular complexity index is 703. The fourth-order valence-electron chi connectivity index (χ4n) is 4.13. The first-order chi connectivity index (χ1) is 13.1. The second-order valence-corrected chi connectivity index (χ2v) is 9.87. The predicted octanol–water partition coefficient (Wildman–Crippen LogP) is 3.84. The van der Waals surface area contributed by atoms with Crippen molar-refractivity contribution < 1.29 is 13.2 Å². The van der Waals surface area contributed by atoms with Gasteiger partial charge in [0.25, 0.3) is 0 Å². The molecule has 0 atom stereocenters. The minimum Gasteiger partial charge on any atom is -0.352 e. The van der Waals surface area contributed by atoms with Gasteiger partial charge in [-0.15, -0.1) is 0 Å². The molecule has 0 aromatic heterocycles. The molecule has 2 aliphatic rings. The summed E-state index contributed by atoms with van der Waals surface area (Å²) in [6.45, 7) is 1.68. The van der Waals surface area contributed by atoms with Crippen LogP contribution < -0.4 is 5.32 Å². The highest BCUT2D eigenvalue weighted by Crippen LogP contribution is 2.27. The fourth-order valence-corrected chi connectivity index (χ4v) is 5.65. The van der Waals surface area contributed by atoms with Crippen LogP contribution in [0.4, 0.5) is 0 Å². The molecule has 1 saturated heterocycles. The first kappa shape index (κ1) is 20.3. The van der Waals surface area contributed by atoms with Gasteiger partial charge < -0.3 is 5.32 Å².